The van der Waals surface area contributed by atoms with Crippen molar-refractivity contribution in [1.29, 1.82) is 0 Å². The molecule has 0 spiro atoms. The standard InChI is InChI=1S/C6H10O4.C6H10/c7-5(8)3-1-2-4-6(9)10;1-3-5-6-4-2/h1-4H2,(H,7,8)(H,9,10);1H,4-6H2,2H3. The van der Waals surface area contributed by atoms with Crippen LogP contribution in [0.2, 0.25) is 0 Å². The van der Waals surface area contributed by atoms with Gasteiger partial charge < -0.3 is 10.2 Å². The minimum Gasteiger partial charge on any atom is -0.481 e. The zero-order valence-electron chi connectivity index (χ0n) is 9.74. The van der Waals surface area contributed by atoms with E-state index < -0.39 is 11.9 Å². The van der Waals surface area contributed by atoms with Gasteiger partial charge in [0.05, 0.1) is 0 Å². The van der Waals surface area contributed by atoms with Gasteiger partial charge in [0.2, 0.25) is 0 Å². The number of carboxylic acids is 2. The lowest BCUT2D eigenvalue weighted by atomic mass is 10.2. The molecule has 0 amide bonds. The van der Waals surface area contributed by atoms with Gasteiger partial charge in [0.1, 0.15) is 0 Å². The van der Waals surface area contributed by atoms with Crippen LogP contribution in [0.25, 0.3) is 0 Å². The Morgan fingerprint density at radius 1 is 1.06 bits per heavy atom. The van der Waals surface area contributed by atoms with Crippen LogP contribution in [0.5, 0.6) is 0 Å². The maximum Gasteiger partial charge on any atom is 0.303 e. The third kappa shape index (κ3) is 22.9. The highest BCUT2D eigenvalue weighted by molar-refractivity contribution is 5.67. The van der Waals surface area contributed by atoms with Gasteiger partial charge in [-0.3, -0.25) is 9.59 Å². The molecule has 0 atom stereocenters. The largest absolute Gasteiger partial charge is 0.481 e. The fraction of sp³-hybridized carbons (Fsp3) is 0.667. The molecule has 0 aromatic rings. The normalized spacial score (nSPS) is 8.50. The van der Waals surface area contributed by atoms with E-state index in [4.69, 9.17) is 16.6 Å². The topological polar surface area (TPSA) is 74.6 Å². The van der Waals surface area contributed by atoms with E-state index >= 15 is 0 Å². The highest BCUT2D eigenvalue weighted by Gasteiger charge is 1.99. The van der Waals surface area contributed by atoms with E-state index in [2.05, 4.69) is 12.8 Å². The van der Waals surface area contributed by atoms with E-state index in [0.717, 1.165) is 6.42 Å². The maximum atomic E-state index is 9.90. The number of hydrogen-bond acceptors (Lipinski definition) is 2. The number of carboxylic acid groups (broad SMARTS) is 2. The van der Waals surface area contributed by atoms with Crippen molar-refractivity contribution in [3.8, 4) is 12.3 Å². The highest BCUT2D eigenvalue weighted by Crippen LogP contribution is 1.98. The first-order valence-electron chi connectivity index (χ1n) is 5.41. The minimum atomic E-state index is -0.870. The van der Waals surface area contributed by atoms with E-state index in [1.165, 1.54) is 12.8 Å². The second kappa shape index (κ2) is 13.5. The number of rotatable bonds is 7. The van der Waals surface area contributed by atoms with Crippen molar-refractivity contribution < 1.29 is 19.8 Å². The lowest BCUT2D eigenvalue weighted by molar-refractivity contribution is -0.139. The van der Waals surface area contributed by atoms with Crippen LogP contribution in [0.3, 0.4) is 0 Å². The Labute approximate surface area is 96.7 Å². The fourth-order valence-electron chi connectivity index (χ4n) is 0.831. The summed E-state index contributed by atoms with van der Waals surface area (Å²) in [6, 6.07) is 0. The van der Waals surface area contributed by atoms with E-state index in [9.17, 15) is 9.59 Å². The molecule has 0 aliphatic carbocycles. The van der Waals surface area contributed by atoms with Crippen molar-refractivity contribution in [2.75, 3.05) is 0 Å². The number of unbranched alkanes of at least 4 members (excludes halogenated alkanes) is 3. The Kier molecular flexibility index (Phi) is 14.3. The summed E-state index contributed by atoms with van der Waals surface area (Å²) in [4.78, 5) is 19.8. The van der Waals surface area contributed by atoms with Gasteiger partial charge in [-0.1, -0.05) is 13.3 Å². The van der Waals surface area contributed by atoms with Crippen molar-refractivity contribution in [2.24, 2.45) is 0 Å². The number of terminal acetylenes is 1. The molecule has 0 rings (SSSR count). The first-order chi connectivity index (χ1) is 7.54. The zero-order chi connectivity index (χ0) is 12.8. The molecule has 0 saturated carbocycles. The molecule has 0 aliphatic rings. The first kappa shape index (κ1) is 16.9. The summed E-state index contributed by atoms with van der Waals surface area (Å²) in [5.74, 6) is 0.829. The predicted octanol–water partition coefficient (Wildman–Crippen LogP) is 2.53. The monoisotopic (exact) mass is 228 g/mol. The second-order valence-electron chi connectivity index (χ2n) is 3.30. The van der Waals surface area contributed by atoms with Gasteiger partial charge in [0.25, 0.3) is 0 Å². The molecular weight excluding hydrogens is 208 g/mol. The Morgan fingerprint density at radius 3 is 1.69 bits per heavy atom. The van der Waals surface area contributed by atoms with Crippen molar-refractivity contribution in [1.82, 2.24) is 0 Å². The van der Waals surface area contributed by atoms with Gasteiger partial charge in [0, 0.05) is 19.3 Å². The number of aliphatic carboxylic acids is 2. The second-order valence-corrected chi connectivity index (χ2v) is 3.30. The molecule has 0 heterocycles. The lowest BCUT2D eigenvalue weighted by Crippen LogP contribution is -1.97. The summed E-state index contributed by atoms with van der Waals surface area (Å²) in [5, 5.41) is 16.3. The summed E-state index contributed by atoms with van der Waals surface area (Å²) in [7, 11) is 0. The fourth-order valence-corrected chi connectivity index (χ4v) is 0.831. The van der Waals surface area contributed by atoms with Crippen LogP contribution in [-0.4, -0.2) is 22.2 Å². The molecule has 0 saturated heterocycles. The Bertz CT molecular complexity index is 212. The van der Waals surface area contributed by atoms with Crippen LogP contribution < -0.4 is 0 Å². The SMILES string of the molecule is C#CCCCC.O=C(O)CCCCC(=O)O. The summed E-state index contributed by atoms with van der Waals surface area (Å²) in [5.41, 5.74) is 0. The smallest absolute Gasteiger partial charge is 0.303 e. The van der Waals surface area contributed by atoms with Crippen LogP contribution >= 0.6 is 0 Å². The van der Waals surface area contributed by atoms with E-state index in [0.29, 0.717) is 12.8 Å². The van der Waals surface area contributed by atoms with Crippen molar-refractivity contribution >= 4 is 11.9 Å². The number of hydrogen-bond donors (Lipinski definition) is 2. The van der Waals surface area contributed by atoms with Crippen LogP contribution in [0.4, 0.5) is 0 Å². The highest BCUT2D eigenvalue weighted by atomic mass is 16.4. The third-order valence-corrected chi connectivity index (χ3v) is 1.71. The molecule has 4 heteroatoms. The van der Waals surface area contributed by atoms with Gasteiger partial charge in [-0.15, -0.1) is 12.3 Å². The van der Waals surface area contributed by atoms with Gasteiger partial charge in [0.15, 0.2) is 0 Å². The quantitative estimate of drug-likeness (QED) is 0.518. The van der Waals surface area contributed by atoms with Gasteiger partial charge >= 0.3 is 11.9 Å². The summed E-state index contributed by atoms with van der Waals surface area (Å²) < 4.78 is 0. The Balaban J connectivity index is 0. The van der Waals surface area contributed by atoms with E-state index in [1.54, 1.807) is 0 Å². The third-order valence-electron chi connectivity index (χ3n) is 1.71. The predicted molar refractivity (Wildman–Crippen MR) is 62.1 cm³/mol. The molecule has 0 bridgehead atoms. The molecule has 0 fully saturated rings. The lowest BCUT2D eigenvalue weighted by Gasteiger charge is -1.92. The van der Waals surface area contributed by atoms with E-state index in [1.807, 2.05) is 0 Å². The van der Waals surface area contributed by atoms with Crippen LogP contribution in [0.15, 0.2) is 0 Å². The van der Waals surface area contributed by atoms with Crippen molar-refractivity contribution in [2.45, 2.75) is 51.9 Å². The molecule has 92 valence electrons. The molecular formula is C12H20O4. The molecule has 0 aromatic carbocycles. The summed E-state index contributed by atoms with van der Waals surface area (Å²) in [6.45, 7) is 2.14. The van der Waals surface area contributed by atoms with Gasteiger partial charge in [-0.05, 0) is 19.3 Å². The molecule has 0 aromatic heterocycles. The Hall–Kier alpha value is -1.50. The summed E-state index contributed by atoms with van der Waals surface area (Å²) in [6.07, 6.45) is 9.31. The minimum absolute atomic E-state index is 0.0628. The maximum absolute atomic E-state index is 9.90. The van der Waals surface area contributed by atoms with Gasteiger partial charge in [-0.2, -0.15) is 0 Å². The molecule has 2 N–H and O–H groups in total. The van der Waals surface area contributed by atoms with Gasteiger partial charge in [-0.25, -0.2) is 0 Å². The van der Waals surface area contributed by atoms with Crippen molar-refractivity contribution in [3.63, 3.8) is 0 Å². The summed E-state index contributed by atoms with van der Waals surface area (Å²) >= 11 is 0. The Morgan fingerprint density at radius 2 is 1.50 bits per heavy atom. The van der Waals surface area contributed by atoms with Crippen molar-refractivity contribution in [3.05, 3.63) is 0 Å². The van der Waals surface area contributed by atoms with Crippen LogP contribution in [0.1, 0.15) is 51.9 Å². The molecule has 0 unspecified atom stereocenters. The first-order valence-corrected chi connectivity index (χ1v) is 5.41. The average Bonchev–Trinajstić information content (AvgIpc) is 2.22. The van der Waals surface area contributed by atoms with Crippen LogP contribution in [-0.2, 0) is 9.59 Å². The van der Waals surface area contributed by atoms with E-state index in [-0.39, 0.29) is 12.8 Å². The van der Waals surface area contributed by atoms with Crippen LogP contribution in [0, 0.1) is 12.3 Å². The average molecular weight is 228 g/mol. The molecule has 0 aliphatic heterocycles. The molecule has 16 heavy (non-hydrogen) atoms. The molecule has 4 nitrogen and oxygen atoms in total. The number of carbonyl (C=O) groups is 2. The zero-order valence-corrected chi connectivity index (χ0v) is 9.74. The molecule has 0 radical (unpaired) electrons.